The smallest absolute Gasteiger partial charge is 0.321 e. The summed E-state index contributed by atoms with van der Waals surface area (Å²) in [5, 5.41) is 11.6. The van der Waals surface area contributed by atoms with Gasteiger partial charge in [0, 0.05) is 18.8 Å². The number of urea groups is 1. The molecule has 0 bridgehead atoms. The van der Waals surface area contributed by atoms with Crippen LogP contribution in [0.1, 0.15) is 24.0 Å². The molecule has 0 aliphatic carbocycles. The van der Waals surface area contributed by atoms with Gasteiger partial charge >= 0.3 is 6.03 Å². The van der Waals surface area contributed by atoms with Gasteiger partial charge in [-0.25, -0.2) is 4.79 Å². The van der Waals surface area contributed by atoms with Gasteiger partial charge in [-0.15, -0.1) is 0 Å². The molecular weight excluding hydrogens is 314 g/mol. The Balaban J connectivity index is 1.56. The first-order valence-electron chi connectivity index (χ1n) is 8.48. The summed E-state index contributed by atoms with van der Waals surface area (Å²) in [6, 6.07) is 17.3. The van der Waals surface area contributed by atoms with Crippen LogP contribution in [-0.4, -0.2) is 24.0 Å². The molecule has 1 aliphatic heterocycles. The van der Waals surface area contributed by atoms with Crippen LogP contribution in [0.3, 0.4) is 0 Å². The molecule has 128 valence electrons. The van der Waals surface area contributed by atoms with Gasteiger partial charge in [-0.3, -0.25) is 0 Å². The number of amides is 2. The third-order valence-corrected chi connectivity index (χ3v) is 4.18. The normalized spacial score (nSPS) is 13.3. The quantitative estimate of drug-likeness (QED) is 0.899. The Morgan fingerprint density at radius 3 is 2.60 bits per heavy atom. The van der Waals surface area contributed by atoms with E-state index in [-0.39, 0.29) is 6.03 Å². The lowest BCUT2D eigenvalue weighted by Gasteiger charge is -2.16. The molecule has 0 radical (unpaired) electrons. The summed E-state index contributed by atoms with van der Waals surface area (Å²) in [4.78, 5) is 14.0. The van der Waals surface area contributed by atoms with E-state index < -0.39 is 0 Å². The summed E-state index contributed by atoms with van der Waals surface area (Å²) in [5.41, 5.74) is 2.74. The molecule has 2 amide bonds. The molecular formula is C20H21N3O2. The SMILES string of the molecule is N#CCc1ccc(OCc2cccc(NC(=O)N3CCCC3)c2)cc1. The topological polar surface area (TPSA) is 65.4 Å². The van der Waals surface area contributed by atoms with E-state index in [0.717, 1.165) is 48.5 Å². The van der Waals surface area contributed by atoms with Crippen molar-refractivity contribution in [2.24, 2.45) is 0 Å². The second-order valence-corrected chi connectivity index (χ2v) is 6.09. The molecule has 1 aliphatic rings. The molecule has 3 rings (SSSR count). The van der Waals surface area contributed by atoms with Crippen LogP contribution in [0.5, 0.6) is 5.75 Å². The number of benzene rings is 2. The van der Waals surface area contributed by atoms with Crippen LogP contribution in [0.15, 0.2) is 48.5 Å². The fourth-order valence-electron chi connectivity index (χ4n) is 2.82. The summed E-state index contributed by atoms with van der Waals surface area (Å²) in [7, 11) is 0. The maximum atomic E-state index is 12.2. The van der Waals surface area contributed by atoms with Gasteiger partial charge in [0.25, 0.3) is 0 Å². The number of nitrogens with zero attached hydrogens (tertiary/aromatic N) is 2. The van der Waals surface area contributed by atoms with E-state index in [2.05, 4.69) is 11.4 Å². The van der Waals surface area contributed by atoms with Gasteiger partial charge in [0.05, 0.1) is 12.5 Å². The van der Waals surface area contributed by atoms with Crippen molar-refractivity contribution in [2.45, 2.75) is 25.9 Å². The van der Waals surface area contributed by atoms with Gasteiger partial charge in [-0.2, -0.15) is 5.26 Å². The lowest BCUT2D eigenvalue weighted by atomic mass is 10.1. The lowest BCUT2D eigenvalue weighted by molar-refractivity contribution is 0.222. The molecule has 1 saturated heterocycles. The summed E-state index contributed by atoms with van der Waals surface area (Å²) in [6.45, 7) is 2.08. The Kier molecular flexibility index (Phi) is 5.53. The fourth-order valence-corrected chi connectivity index (χ4v) is 2.82. The highest BCUT2D eigenvalue weighted by Gasteiger charge is 2.17. The highest BCUT2D eigenvalue weighted by molar-refractivity contribution is 5.89. The Bertz CT molecular complexity index is 759. The monoisotopic (exact) mass is 335 g/mol. The largest absolute Gasteiger partial charge is 0.489 e. The lowest BCUT2D eigenvalue weighted by Crippen LogP contribution is -2.32. The zero-order valence-electron chi connectivity index (χ0n) is 14.1. The van der Waals surface area contributed by atoms with E-state index in [1.165, 1.54) is 0 Å². The molecule has 0 atom stereocenters. The minimum atomic E-state index is -0.0383. The minimum Gasteiger partial charge on any atom is -0.489 e. The number of likely N-dealkylation sites (tertiary alicyclic amines) is 1. The number of carbonyl (C=O) groups excluding carboxylic acids is 1. The van der Waals surface area contributed by atoms with Gasteiger partial charge in [0.15, 0.2) is 0 Å². The van der Waals surface area contributed by atoms with E-state index in [9.17, 15) is 4.79 Å². The van der Waals surface area contributed by atoms with Crippen LogP contribution >= 0.6 is 0 Å². The van der Waals surface area contributed by atoms with E-state index in [0.29, 0.717) is 13.0 Å². The maximum Gasteiger partial charge on any atom is 0.321 e. The van der Waals surface area contributed by atoms with E-state index >= 15 is 0 Å². The fraction of sp³-hybridized carbons (Fsp3) is 0.300. The maximum absolute atomic E-state index is 12.2. The zero-order chi connectivity index (χ0) is 17.5. The van der Waals surface area contributed by atoms with Crippen LogP contribution < -0.4 is 10.1 Å². The van der Waals surface area contributed by atoms with Gasteiger partial charge in [0.1, 0.15) is 12.4 Å². The van der Waals surface area contributed by atoms with Crippen molar-refractivity contribution in [3.05, 3.63) is 59.7 Å². The average molecular weight is 335 g/mol. The van der Waals surface area contributed by atoms with Crippen LogP contribution in [0.2, 0.25) is 0 Å². The first kappa shape index (κ1) is 16.8. The van der Waals surface area contributed by atoms with Crippen LogP contribution in [0, 0.1) is 11.3 Å². The van der Waals surface area contributed by atoms with E-state index in [1.54, 1.807) is 0 Å². The zero-order valence-corrected chi connectivity index (χ0v) is 14.1. The summed E-state index contributed by atoms with van der Waals surface area (Å²) >= 11 is 0. The molecule has 2 aromatic carbocycles. The van der Waals surface area contributed by atoms with Crippen molar-refractivity contribution in [3.8, 4) is 11.8 Å². The number of nitriles is 1. The highest BCUT2D eigenvalue weighted by Crippen LogP contribution is 2.17. The number of anilines is 1. The molecule has 5 nitrogen and oxygen atoms in total. The van der Waals surface area contributed by atoms with Crippen molar-refractivity contribution in [1.29, 1.82) is 5.26 Å². The van der Waals surface area contributed by atoms with Crippen LogP contribution in [0.4, 0.5) is 10.5 Å². The summed E-state index contributed by atoms with van der Waals surface area (Å²) < 4.78 is 5.78. The third kappa shape index (κ3) is 4.74. The Hall–Kier alpha value is -3.00. The molecule has 0 saturated carbocycles. The van der Waals surface area contributed by atoms with E-state index in [1.807, 2.05) is 53.4 Å². The van der Waals surface area contributed by atoms with Gasteiger partial charge in [-0.05, 0) is 48.2 Å². The van der Waals surface area contributed by atoms with Crippen LogP contribution in [-0.2, 0) is 13.0 Å². The number of carbonyl (C=O) groups is 1. The van der Waals surface area contributed by atoms with Crippen molar-refractivity contribution >= 4 is 11.7 Å². The third-order valence-electron chi connectivity index (χ3n) is 4.18. The molecule has 5 heteroatoms. The first-order valence-corrected chi connectivity index (χ1v) is 8.48. The number of rotatable bonds is 5. The van der Waals surface area contributed by atoms with Crippen molar-refractivity contribution in [1.82, 2.24) is 4.90 Å². The summed E-state index contributed by atoms with van der Waals surface area (Å²) in [6.07, 6.45) is 2.56. The Morgan fingerprint density at radius 1 is 1.12 bits per heavy atom. The Labute approximate surface area is 147 Å². The van der Waals surface area contributed by atoms with Gasteiger partial charge in [0.2, 0.25) is 0 Å². The molecule has 1 fully saturated rings. The van der Waals surface area contributed by atoms with Crippen LogP contribution in [0.25, 0.3) is 0 Å². The minimum absolute atomic E-state index is 0.0383. The second-order valence-electron chi connectivity index (χ2n) is 6.09. The first-order chi connectivity index (χ1) is 12.2. The van der Waals surface area contributed by atoms with Crippen molar-refractivity contribution in [3.63, 3.8) is 0 Å². The second kappa shape index (κ2) is 8.20. The molecule has 1 N–H and O–H groups in total. The number of ether oxygens (including phenoxy) is 1. The molecule has 0 unspecified atom stereocenters. The molecule has 2 aromatic rings. The standard InChI is InChI=1S/C20H21N3O2/c21-11-10-16-6-8-19(9-7-16)25-15-17-4-3-5-18(14-17)22-20(24)23-12-1-2-13-23/h3-9,14H,1-2,10,12-13,15H2,(H,22,24). The van der Waals surface area contributed by atoms with E-state index in [4.69, 9.17) is 10.00 Å². The average Bonchev–Trinajstić information content (AvgIpc) is 3.17. The predicted molar refractivity (Wildman–Crippen MR) is 96.4 cm³/mol. The van der Waals surface area contributed by atoms with Crippen molar-refractivity contribution < 1.29 is 9.53 Å². The molecule has 0 aromatic heterocycles. The number of nitrogens with one attached hydrogen (secondary N) is 1. The molecule has 25 heavy (non-hydrogen) atoms. The molecule has 1 heterocycles. The highest BCUT2D eigenvalue weighted by atomic mass is 16.5. The molecule has 0 spiro atoms. The summed E-state index contributed by atoms with van der Waals surface area (Å²) in [5.74, 6) is 0.758. The van der Waals surface area contributed by atoms with Gasteiger partial charge < -0.3 is 15.0 Å². The predicted octanol–water partition coefficient (Wildman–Crippen LogP) is 3.96. The number of hydrogen-bond acceptors (Lipinski definition) is 3. The number of hydrogen-bond donors (Lipinski definition) is 1. The van der Waals surface area contributed by atoms with Crippen molar-refractivity contribution in [2.75, 3.05) is 18.4 Å². The van der Waals surface area contributed by atoms with Gasteiger partial charge in [-0.1, -0.05) is 24.3 Å². The Morgan fingerprint density at radius 2 is 1.88 bits per heavy atom.